The van der Waals surface area contributed by atoms with Gasteiger partial charge in [-0.05, 0) is 30.5 Å². The van der Waals surface area contributed by atoms with Crippen LogP contribution in [-0.4, -0.2) is 12.6 Å². The monoisotopic (exact) mass is 219 g/mol. The van der Waals surface area contributed by atoms with Crippen molar-refractivity contribution in [2.45, 2.75) is 39.2 Å². The van der Waals surface area contributed by atoms with Crippen LogP contribution in [0.25, 0.3) is 6.08 Å². The first kappa shape index (κ1) is 11.5. The second-order valence-electron chi connectivity index (χ2n) is 5.02. The van der Waals surface area contributed by atoms with Crippen LogP contribution in [-0.2, 0) is 0 Å². The molecule has 0 saturated heterocycles. The maximum atomic E-state index is 5.77. The minimum atomic E-state index is 0.532. The van der Waals surface area contributed by atoms with Crippen LogP contribution in [0.15, 0.2) is 22.6 Å². The Hall–Kier alpha value is -1.02. The lowest BCUT2D eigenvalue weighted by Crippen LogP contribution is -2.22. The van der Waals surface area contributed by atoms with Gasteiger partial charge in [-0.15, -0.1) is 0 Å². The highest BCUT2D eigenvalue weighted by atomic mass is 16.3. The molecule has 1 aliphatic carbocycles. The summed E-state index contributed by atoms with van der Waals surface area (Å²) in [5.41, 5.74) is 0. The molecular formula is C14H21NO. The van der Waals surface area contributed by atoms with Crippen molar-refractivity contribution in [3.8, 4) is 0 Å². The number of hydrogen-bond acceptors (Lipinski definition) is 2. The Bertz CT molecular complexity index is 365. The van der Waals surface area contributed by atoms with Crippen LogP contribution in [0, 0.1) is 5.92 Å². The summed E-state index contributed by atoms with van der Waals surface area (Å²) in [5.74, 6) is 3.62. The molecule has 0 amide bonds. The van der Waals surface area contributed by atoms with Crippen LogP contribution >= 0.6 is 0 Å². The number of hydrogen-bond donors (Lipinski definition) is 1. The molecule has 1 aromatic heterocycles. The Morgan fingerprint density at radius 1 is 1.50 bits per heavy atom. The molecule has 0 aliphatic heterocycles. The lowest BCUT2D eigenvalue weighted by atomic mass is 10.3. The number of rotatable bonds is 5. The summed E-state index contributed by atoms with van der Waals surface area (Å²) in [6.45, 7) is 7.46. The second-order valence-corrected chi connectivity index (χ2v) is 5.02. The van der Waals surface area contributed by atoms with Gasteiger partial charge in [-0.1, -0.05) is 26.8 Å². The molecule has 1 fully saturated rings. The molecule has 1 saturated carbocycles. The van der Waals surface area contributed by atoms with Gasteiger partial charge < -0.3 is 9.73 Å². The van der Waals surface area contributed by atoms with E-state index in [2.05, 4.69) is 44.3 Å². The SMILES string of the molecule is CC(C)NCC=Cc1ccc(C2CC2C)o1. The van der Waals surface area contributed by atoms with Gasteiger partial charge in [0.25, 0.3) is 0 Å². The van der Waals surface area contributed by atoms with Gasteiger partial charge in [-0.25, -0.2) is 0 Å². The summed E-state index contributed by atoms with van der Waals surface area (Å²) in [5, 5.41) is 3.34. The Balaban J connectivity index is 1.83. The summed E-state index contributed by atoms with van der Waals surface area (Å²) >= 11 is 0. The van der Waals surface area contributed by atoms with Crippen molar-refractivity contribution in [2.24, 2.45) is 5.92 Å². The second kappa shape index (κ2) is 4.88. The van der Waals surface area contributed by atoms with Crippen molar-refractivity contribution in [3.05, 3.63) is 29.7 Å². The molecule has 1 aromatic rings. The molecular weight excluding hydrogens is 198 g/mol. The quantitative estimate of drug-likeness (QED) is 0.821. The van der Waals surface area contributed by atoms with Crippen LogP contribution in [0.3, 0.4) is 0 Å². The van der Waals surface area contributed by atoms with Crippen molar-refractivity contribution in [3.63, 3.8) is 0 Å². The van der Waals surface area contributed by atoms with E-state index >= 15 is 0 Å². The Kier molecular flexibility index (Phi) is 3.49. The molecule has 2 rings (SSSR count). The standard InChI is InChI=1S/C14H21NO/c1-10(2)15-8-4-5-12-6-7-14(16-12)13-9-11(13)3/h4-7,10-11,13,15H,8-9H2,1-3H3. The minimum Gasteiger partial charge on any atom is -0.461 e. The van der Waals surface area contributed by atoms with E-state index in [-0.39, 0.29) is 0 Å². The maximum Gasteiger partial charge on any atom is 0.126 e. The van der Waals surface area contributed by atoms with E-state index < -0.39 is 0 Å². The fraction of sp³-hybridized carbons (Fsp3) is 0.571. The molecule has 88 valence electrons. The predicted octanol–water partition coefficient (Wildman–Crippen LogP) is 3.41. The summed E-state index contributed by atoms with van der Waals surface area (Å²) in [7, 11) is 0. The van der Waals surface area contributed by atoms with Crippen LogP contribution < -0.4 is 5.32 Å². The lowest BCUT2D eigenvalue weighted by Gasteiger charge is -2.02. The maximum absolute atomic E-state index is 5.77. The van der Waals surface area contributed by atoms with Crippen LogP contribution in [0.1, 0.15) is 44.6 Å². The molecule has 1 heterocycles. The van der Waals surface area contributed by atoms with Crippen molar-refractivity contribution in [1.82, 2.24) is 5.32 Å². The largest absolute Gasteiger partial charge is 0.461 e. The van der Waals surface area contributed by atoms with Gasteiger partial charge in [0, 0.05) is 18.5 Å². The molecule has 1 N–H and O–H groups in total. The van der Waals surface area contributed by atoms with Gasteiger partial charge in [0.2, 0.25) is 0 Å². The molecule has 0 bridgehead atoms. The summed E-state index contributed by atoms with van der Waals surface area (Å²) in [4.78, 5) is 0. The molecule has 0 aromatic carbocycles. The van der Waals surface area contributed by atoms with Gasteiger partial charge in [0.1, 0.15) is 11.5 Å². The van der Waals surface area contributed by atoms with Gasteiger partial charge >= 0.3 is 0 Å². The molecule has 0 radical (unpaired) electrons. The smallest absolute Gasteiger partial charge is 0.126 e. The average molecular weight is 219 g/mol. The van der Waals surface area contributed by atoms with Crippen LogP contribution in [0.5, 0.6) is 0 Å². The first-order valence-electron chi connectivity index (χ1n) is 6.16. The third-order valence-corrected chi connectivity index (χ3v) is 3.05. The first-order chi connectivity index (χ1) is 7.66. The molecule has 2 nitrogen and oxygen atoms in total. The number of furan rings is 1. The molecule has 2 unspecified atom stereocenters. The van der Waals surface area contributed by atoms with Crippen molar-refractivity contribution in [2.75, 3.05) is 6.54 Å². The zero-order valence-corrected chi connectivity index (χ0v) is 10.4. The zero-order chi connectivity index (χ0) is 11.5. The van der Waals surface area contributed by atoms with Crippen molar-refractivity contribution < 1.29 is 4.42 Å². The third kappa shape index (κ3) is 2.99. The van der Waals surface area contributed by atoms with E-state index in [1.165, 1.54) is 6.42 Å². The minimum absolute atomic E-state index is 0.532. The van der Waals surface area contributed by atoms with Gasteiger partial charge in [-0.2, -0.15) is 0 Å². The van der Waals surface area contributed by atoms with Crippen LogP contribution in [0.4, 0.5) is 0 Å². The van der Waals surface area contributed by atoms with Gasteiger partial charge in [-0.3, -0.25) is 0 Å². The van der Waals surface area contributed by atoms with E-state index in [4.69, 9.17) is 4.42 Å². The molecule has 2 atom stereocenters. The van der Waals surface area contributed by atoms with E-state index in [9.17, 15) is 0 Å². The highest BCUT2D eigenvalue weighted by Crippen LogP contribution is 2.47. The Labute approximate surface area is 97.7 Å². The van der Waals surface area contributed by atoms with Crippen LogP contribution in [0.2, 0.25) is 0 Å². The molecule has 16 heavy (non-hydrogen) atoms. The molecule has 1 aliphatic rings. The summed E-state index contributed by atoms with van der Waals surface area (Å²) in [6.07, 6.45) is 5.44. The van der Waals surface area contributed by atoms with Gasteiger partial charge in [0.15, 0.2) is 0 Å². The predicted molar refractivity (Wildman–Crippen MR) is 67.4 cm³/mol. The van der Waals surface area contributed by atoms with E-state index in [0.717, 1.165) is 24.0 Å². The third-order valence-electron chi connectivity index (χ3n) is 3.05. The topological polar surface area (TPSA) is 25.2 Å². The fourth-order valence-corrected chi connectivity index (χ4v) is 1.85. The molecule has 2 heteroatoms. The molecule has 0 spiro atoms. The van der Waals surface area contributed by atoms with E-state index in [1.54, 1.807) is 0 Å². The highest BCUT2D eigenvalue weighted by Gasteiger charge is 2.36. The van der Waals surface area contributed by atoms with Crippen molar-refractivity contribution >= 4 is 6.08 Å². The normalized spacial score (nSPS) is 24.5. The van der Waals surface area contributed by atoms with Crippen molar-refractivity contribution in [1.29, 1.82) is 0 Å². The lowest BCUT2D eigenvalue weighted by molar-refractivity contribution is 0.497. The summed E-state index contributed by atoms with van der Waals surface area (Å²) in [6, 6.07) is 4.71. The van der Waals surface area contributed by atoms with Gasteiger partial charge in [0.05, 0.1) is 0 Å². The first-order valence-corrected chi connectivity index (χ1v) is 6.16. The summed E-state index contributed by atoms with van der Waals surface area (Å²) < 4.78 is 5.77. The van der Waals surface area contributed by atoms with E-state index in [0.29, 0.717) is 12.0 Å². The highest BCUT2D eigenvalue weighted by molar-refractivity contribution is 5.43. The number of nitrogens with one attached hydrogen (secondary N) is 1. The Morgan fingerprint density at radius 3 is 2.88 bits per heavy atom. The fourth-order valence-electron chi connectivity index (χ4n) is 1.85. The average Bonchev–Trinajstić information content (AvgIpc) is 2.79. The zero-order valence-electron chi connectivity index (χ0n) is 10.4. The van der Waals surface area contributed by atoms with E-state index in [1.807, 2.05) is 6.08 Å². The Morgan fingerprint density at radius 2 is 2.25 bits per heavy atom.